The molecule has 9 heavy (non-hydrogen) atoms. The Balaban J connectivity index is 2.64. The van der Waals surface area contributed by atoms with Crippen LogP contribution in [0.4, 0.5) is 0 Å². The van der Waals surface area contributed by atoms with E-state index in [2.05, 4.69) is 0 Å². The zero-order chi connectivity index (χ0) is 7.07. The highest BCUT2D eigenvalue weighted by atomic mass is 16.1. The first-order valence-corrected chi connectivity index (χ1v) is 3.16. The predicted molar refractivity (Wildman–Crippen MR) is 34.5 cm³/mol. The number of nitrogens with two attached hydrogens (primary N) is 2. The van der Waals surface area contributed by atoms with E-state index in [1.165, 1.54) is 0 Å². The van der Waals surface area contributed by atoms with Crippen LogP contribution < -0.4 is 11.5 Å². The van der Waals surface area contributed by atoms with Crippen molar-refractivity contribution in [3.8, 4) is 0 Å². The van der Waals surface area contributed by atoms with Gasteiger partial charge in [0.2, 0.25) is 5.91 Å². The molecule has 1 rings (SSSR count). The Labute approximate surface area is 54.4 Å². The molecule has 1 amide bonds. The topological polar surface area (TPSA) is 69.1 Å². The molecule has 2 unspecified atom stereocenters. The van der Waals surface area contributed by atoms with Crippen molar-refractivity contribution >= 4 is 5.91 Å². The largest absolute Gasteiger partial charge is 0.368 e. The molecule has 1 fully saturated rings. The van der Waals surface area contributed by atoms with E-state index in [-0.39, 0.29) is 11.8 Å². The first-order valence-electron chi connectivity index (χ1n) is 3.16. The van der Waals surface area contributed by atoms with Crippen LogP contribution in [-0.4, -0.2) is 11.4 Å². The molecule has 3 heteroatoms. The highest BCUT2D eigenvalue weighted by Gasteiger charge is 2.45. The van der Waals surface area contributed by atoms with Crippen LogP contribution in [0.3, 0.4) is 0 Å². The van der Waals surface area contributed by atoms with Gasteiger partial charge in [-0.1, -0.05) is 6.92 Å². The third kappa shape index (κ3) is 0.721. The number of primary amides is 1. The third-order valence-electron chi connectivity index (χ3n) is 2.33. The number of amides is 1. The van der Waals surface area contributed by atoms with E-state index in [1.807, 2.05) is 6.92 Å². The summed E-state index contributed by atoms with van der Waals surface area (Å²) >= 11 is 0. The molecule has 0 saturated heterocycles. The standard InChI is InChI=1S/C6H12N2O/c1-4-2-3-6(4,8)5(7)9/h4H,2-3,8H2,1H3,(H2,7,9). The molecule has 1 saturated carbocycles. The van der Waals surface area contributed by atoms with Crippen LogP contribution in [0, 0.1) is 5.92 Å². The Morgan fingerprint density at radius 1 is 1.78 bits per heavy atom. The van der Waals surface area contributed by atoms with Crippen LogP contribution in [0.1, 0.15) is 19.8 Å². The Kier molecular flexibility index (Phi) is 1.24. The van der Waals surface area contributed by atoms with Crippen molar-refractivity contribution in [1.82, 2.24) is 0 Å². The van der Waals surface area contributed by atoms with Crippen LogP contribution in [0.25, 0.3) is 0 Å². The molecule has 0 aromatic heterocycles. The van der Waals surface area contributed by atoms with Gasteiger partial charge in [0.25, 0.3) is 0 Å². The molecule has 4 N–H and O–H groups in total. The number of carbonyl (C=O) groups excluding carboxylic acids is 1. The summed E-state index contributed by atoms with van der Waals surface area (Å²) in [7, 11) is 0. The van der Waals surface area contributed by atoms with Crippen LogP contribution in [0.5, 0.6) is 0 Å². The first-order chi connectivity index (χ1) is 4.07. The molecule has 0 aromatic carbocycles. The number of carbonyl (C=O) groups is 1. The lowest BCUT2D eigenvalue weighted by Gasteiger charge is -2.41. The minimum absolute atomic E-state index is 0.273. The smallest absolute Gasteiger partial charge is 0.237 e. The van der Waals surface area contributed by atoms with Gasteiger partial charge in [0.1, 0.15) is 0 Å². The Bertz CT molecular complexity index is 146. The van der Waals surface area contributed by atoms with E-state index in [0.717, 1.165) is 12.8 Å². The van der Waals surface area contributed by atoms with Crippen LogP contribution >= 0.6 is 0 Å². The lowest BCUT2D eigenvalue weighted by molar-refractivity contribution is -0.128. The van der Waals surface area contributed by atoms with Gasteiger partial charge >= 0.3 is 0 Å². The van der Waals surface area contributed by atoms with Crippen molar-refractivity contribution in [1.29, 1.82) is 0 Å². The van der Waals surface area contributed by atoms with E-state index in [1.54, 1.807) is 0 Å². The van der Waals surface area contributed by atoms with Crippen LogP contribution in [-0.2, 0) is 4.79 Å². The lowest BCUT2D eigenvalue weighted by Crippen LogP contribution is -2.62. The number of hydrogen-bond donors (Lipinski definition) is 2. The Morgan fingerprint density at radius 2 is 2.33 bits per heavy atom. The summed E-state index contributed by atoms with van der Waals surface area (Å²) in [6.07, 6.45) is 1.78. The lowest BCUT2D eigenvalue weighted by atomic mass is 9.68. The highest BCUT2D eigenvalue weighted by Crippen LogP contribution is 2.35. The van der Waals surface area contributed by atoms with Crippen LogP contribution in [0.15, 0.2) is 0 Å². The zero-order valence-corrected chi connectivity index (χ0v) is 5.55. The summed E-state index contributed by atoms with van der Waals surface area (Å²) in [5.41, 5.74) is 9.99. The minimum Gasteiger partial charge on any atom is -0.368 e. The molecule has 0 radical (unpaired) electrons. The normalized spacial score (nSPS) is 41.8. The predicted octanol–water partition coefficient (Wildman–Crippen LogP) is -0.401. The molecule has 0 aromatic rings. The molecule has 0 aliphatic heterocycles. The maximum absolute atomic E-state index is 10.6. The van der Waals surface area contributed by atoms with E-state index >= 15 is 0 Å². The summed E-state index contributed by atoms with van der Waals surface area (Å²) < 4.78 is 0. The molecule has 1 aliphatic rings. The van der Waals surface area contributed by atoms with E-state index < -0.39 is 5.54 Å². The molecule has 0 bridgehead atoms. The fourth-order valence-electron chi connectivity index (χ4n) is 1.11. The molecule has 1 aliphatic carbocycles. The monoisotopic (exact) mass is 128 g/mol. The summed E-state index contributed by atoms with van der Waals surface area (Å²) in [5, 5.41) is 0. The minimum atomic E-state index is -0.681. The average Bonchev–Trinajstić information content (AvgIpc) is 1.82. The summed E-state index contributed by atoms with van der Waals surface area (Å²) in [5.74, 6) is -0.0868. The van der Waals surface area contributed by atoms with Crippen molar-refractivity contribution in [3.05, 3.63) is 0 Å². The molecular weight excluding hydrogens is 116 g/mol. The second-order valence-corrected chi connectivity index (χ2v) is 2.84. The van der Waals surface area contributed by atoms with E-state index in [4.69, 9.17) is 11.5 Å². The van der Waals surface area contributed by atoms with Crippen LogP contribution in [0.2, 0.25) is 0 Å². The van der Waals surface area contributed by atoms with Gasteiger partial charge in [0.15, 0.2) is 0 Å². The zero-order valence-electron chi connectivity index (χ0n) is 5.55. The molecule has 2 atom stereocenters. The van der Waals surface area contributed by atoms with Gasteiger partial charge in [-0.25, -0.2) is 0 Å². The molecule has 52 valence electrons. The fourth-order valence-corrected chi connectivity index (χ4v) is 1.11. The average molecular weight is 128 g/mol. The quantitative estimate of drug-likeness (QED) is 0.504. The summed E-state index contributed by atoms with van der Waals surface area (Å²) in [6.45, 7) is 1.95. The van der Waals surface area contributed by atoms with Gasteiger partial charge in [0.05, 0.1) is 5.54 Å². The van der Waals surface area contributed by atoms with Crippen molar-refractivity contribution in [2.24, 2.45) is 17.4 Å². The number of hydrogen-bond acceptors (Lipinski definition) is 2. The van der Waals surface area contributed by atoms with Gasteiger partial charge in [0, 0.05) is 0 Å². The van der Waals surface area contributed by atoms with Gasteiger partial charge in [-0.2, -0.15) is 0 Å². The van der Waals surface area contributed by atoms with Gasteiger partial charge in [-0.15, -0.1) is 0 Å². The molecule has 0 spiro atoms. The van der Waals surface area contributed by atoms with E-state index in [0.29, 0.717) is 0 Å². The number of rotatable bonds is 1. The fraction of sp³-hybridized carbons (Fsp3) is 0.833. The third-order valence-corrected chi connectivity index (χ3v) is 2.33. The van der Waals surface area contributed by atoms with Crippen molar-refractivity contribution < 1.29 is 4.79 Å². The Morgan fingerprint density at radius 3 is 2.33 bits per heavy atom. The van der Waals surface area contributed by atoms with Gasteiger partial charge in [-0.05, 0) is 18.8 Å². The van der Waals surface area contributed by atoms with Crippen molar-refractivity contribution in [3.63, 3.8) is 0 Å². The second-order valence-electron chi connectivity index (χ2n) is 2.84. The van der Waals surface area contributed by atoms with Gasteiger partial charge in [-0.3, -0.25) is 4.79 Å². The summed E-state index contributed by atoms with van der Waals surface area (Å²) in [6, 6.07) is 0. The van der Waals surface area contributed by atoms with E-state index in [9.17, 15) is 4.79 Å². The highest BCUT2D eigenvalue weighted by molar-refractivity contribution is 5.85. The van der Waals surface area contributed by atoms with Crippen molar-refractivity contribution in [2.45, 2.75) is 25.3 Å². The maximum Gasteiger partial charge on any atom is 0.237 e. The molecule has 0 heterocycles. The van der Waals surface area contributed by atoms with Crippen molar-refractivity contribution in [2.75, 3.05) is 0 Å². The molecule has 3 nitrogen and oxygen atoms in total. The second kappa shape index (κ2) is 1.70. The molecular formula is C6H12N2O. The summed E-state index contributed by atoms with van der Waals surface area (Å²) in [4.78, 5) is 10.6. The maximum atomic E-state index is 10.6. The first kappa shape index (κ1) is 6.55. The van der Waals surface area contributed by atoms with Gasteiger partial charge < -0.3 is 11.5 Å². The Hall–Kier alpha value is -0.570. The SMILES string of the molecule is CC1CCC1(N)C(N)=O.